The van der Waals surface area contributed by atoms with Gasteiger partial charge in [0, 0.05) is 44.3 Å². The number of carbonyl (C=O) groups excluding carboxylic acids is 1. The summed E-state index contributed by atoms with van der Waals surface area (Å²) in [5, 5.41) is 12.8. The lowest BCUT2D eigenvalue weighted by atomic mass is 10.0. The van der Waals surface area contributed by atoms with E-state index in [0.717, 1.165) is 23.5 Å². The number of nitriles is 1. The fourth-order valence-electron chi connectivity index (χ4n) is 6.27. The topological polar surface area (TPSA) is 88.8 Å². The second-order valence-corrected chi connectivity index (χ2v) is 12.1. The van der Waals surface area contributed by atoms with Crippen LogP contribution in [-0.4, -0.2) is 90.3 Å². The Hall–Kier alpha value is -3.82. The quantitative estimate of drug-likeness (QED) is 0.379. The van der Waals surface area contributed by atoms with Crippen molar-refractivity contribution in [2.45, 2.75) is 44.1 Å². The SMILES string of the molecule is C=C(F)C(=O)N1CCN(c2nc(OC[C@@H]3C[C@@H](F)CN3C)nc3c2CCN(c2cccc4ccsc24)C3)C[C@@H]1CC#N. The number of anilines is 2. The predicted octanol–water partition coefficient (Wildman–Crippen LogP) is 4.09. The summed E-state index contributed by atoms with van der Waals surface area (Å²) in [5.41, 5.74) is 3.01. The van der Waals surface area contributed by atoms with E-state index in [-0.39, 0.29) is 31.6 Å². The molecule has 42 heavy (non-hydrogen) atoms. The zero-order chi connectivity index (χ0) is 29.4. The third kappa shape index (κ3) is 5.51. The van der Waals surface area contributed by atoms with E-state index >= 15 is 0 Å². The number of likely N-dealkylation sites (tertiary alicyclic amines) is 1. The number of alkyl halides is 1. The van der Waals surface area contributed by atoms with Crippen molar-refractivity contribution in [1.82, 2.24) is 19.8 Å². The number of ether oxygens (including phenoxy) is 1. The van der Waals surface area contributed by atoms with E-state index in [4.69, 9.17) is 14.7 Å². The second kappa shape index (κ2) is 11.8. The number of halogens is 2. The molecule has 0 spiro atoms. The summed E-state index contributed by atoms with van der Waals surface area (Å²) < 4.78 is 35.1. The Morgan fingerprint density at radius 1 is 1.19 bits per heavy atom. The molecule has 3 atom stereocenters. The number of fused-ring (bicyclic) bond motifs is 2. The number of piperazine rings is 1. The first-order valence-corrected chi connectivity index (χ1v) is 15.1. The van der Waals surface area contributed by atoms with Gasteiger partial charge >= 0.3 is 6.01 Å². The lowest BCUT2D eigenvalue weighted by Gasteiger charge is -2.42. The Morgan fingerprint density at radius 3 is 2.81 bits per heavy atom. The van der Waals surface area contributed by atoms with E-state index in [9.17, 15) is 18.8 Å². The summed E-state index contributed by atoms with van der Waals surface area (Å²) in [7, 11) is 1.89. The minimum absolute atomic E-state index is 0.0587. The molecule has 3 aliphatic rings. The van der Waals surface area contributed by atoms with Crippen molar-refractivity contribution < 1.29 is 18.3 Å². The van der Waals surface area contributed by atoms with Gasteiger partial charge in [-0.15, -0.1) is 11.3 Å². The monoisotopic (exact) mass is 593 g/mol. The summed E-state index contributed by atoms with van der Waals surface area (Å²) in [6, 6.07) is 10.2. The maximum Gasteiger partial charge on any atom is 0.318 e. The van der Waals surface area contributed by atoms with Gasteiger partial charge in [0.25, 0.3) is 5.91 Å². The molecule has 3 aromatic rings. The number of likely N-dealkylation sites (N-methyl/N-ethyl adjacent to an activating group) is 1. The van der Waals surface area contributed by atoms with Crippen LogP contribution in [0.2, 0.25) is 0 Å². The van der Waals surface area contributed by atoms with Gasteiger partial charge < -0.3 is 19.4 Å². The molecule has 2 saturated heterocycles. The third-order valence-corrected chi connectivity index (χ3v) is 9.42. The number of thiophene rings is 1. The Labute approximate surface area is 247 Å². The van der Waals surface area contributed by atoms with Crippen LogP contribution in [0.1, 0.15) is 24.1 Å². The summed E-state index contributed by atoms with van der Waals surface area (Å²) in [5.74, 6) is -1.11. The van der Waals surface area contributed by atoms with Crippen LogP contribution in [0, 0.1) is 11.3 Å². The maximum absolute atomic E-state index is 14.0. The number of nitrogens with zero attached hydrogens (tertiary/aromatic N) is 7. The molecule has 9 nitrogen and oxygen atoms in total. The summed E-state index contributed by atoms with van der Waals surface area (Å²) in [6.45, 7) is 6.11. The first kappa shape index (κ1) is 28.3. The van der Waals surface area contributed by atoms with Gasteiger partial charge in [0.2, 0.25) is 0 Å². The number of carbonyl (C=O) groups is 1. The Morgan fingerprint density at radius 2 is 2.05 bits per heavy atom. The van der Waals surface area contributed by atoms with Crippen LogP contribution >= 0.6 is 11.3 Å². The first-order valence-electron chi connectivity index (χ1n) is 14.2. The van der Waals surface area contributed by atoms with Gasteiger partial charge in [0.05, 0.1) is 41.2 Å². The van der Waals surface area contributed by atoms with Gasteiger partial charge in [0.15, 0.2) is 5.83 Å². The molecule has 0 N–H and O–H groups in total. The highest BCUT2D eigenvalue weighted by atomic mass is 32.1. The number of rotatable bonds is 7. The molecule has 2 fully saturated rings. The molecule has 2 aromatic heterocycles. The minimum Gasteiger partial charge on any atom is -0.462 e. The average Bonchev–Trinajstić information content (AvgIpc) is 3.60. The zero-order valence-electron chi connectivity index (χ0n) is 23.5. The van der Waals surface area contributed by atoms with E-state index in [2.05, 4.69) is 52.1 Å². The van der Waals surface area contributed by atoms with Gasteiger partial charge in [-0.25, -0.2) is 8.78 Å². The van der Waals surface area contributed by atoms with Crippen molar-refractivity contribution in [1.29, 1.82) is 5.26 Å². The van der Waals surface area contributed by atoms with Crippen LogP contribution in [0.25, 0.3) is 10.1 Å². The summed E-state index contributed by atoms with van der Waals surface area (Å²) in [4.78, 5) is 29.9. The molecule has 5 heterocycles. The fourth-order valence-corrected chi connectivity index (χ4v) is 7.22. The Kier molecular flexibility index (Phi) is 7.96. The molecule has 12 heteroatoms. The Bertz CT molecular complexity index is 1540. The highest BCUT2D eigenvalue weighted by Gasteiger charge is 2.35. The molecule has 6 rings (SSSR count). The van der Waals surface area contributed by atoms with Crippen molar-refractivity contribution >= 4 is 38.8 Å². The van der Waals surface area contributed by atoms with E-state index in [1.165, 1.54) is 15.0 Å². The first-order chi connectivity index (χ1) is 20.3. The standard InChI is InChI=1S/C30H33F2N7O2S/c1-19(31)29(40)39-12-11-38(16-22(39)6-9-33)28-24-7-10-37(26-5-3-4-20-8-13-42-27(20)26)17-25(24)34-30(35-28)41-18-23-14-21(32)15-36(23)2/h3-5,8,13,21-23H,1,6-7,10-12,14-18H2,2H3/t21-,22+,23+/m1/s1. The van der Waals surface area contributed by atoms with Crippen LogP contribution in [-0.2, 0) is 17.8 Å². The fraction of sp³-hybridized carbons (Fsp3) is 0.467. The molecular formula is C30H33F2N7O2S. The van der Waals surface area contributed by atoms with Crippen LogP contribution in [0.4, 0.5) is 20.3 Å². The molecule has 1 amide bonds. The minimum atomic E-state index is -1.03. The van der Waals surface area contributed by atoms with Gasteiger partial charge in [-0.3, -0.25) is 9.69 Å². The number of hydrogen-bond acceptors (Lipinski definition) is 9. The molecule has 0 bridgehead atoms. The Balaban J connectivity index is 1.31. The molecular weight excluding hydrogens is 560 g/mol. The van der Waals surface area contributed by atoms with Crippen molar-refractivity contribution in [3.05, 3.63) is 53.3 Å². The van der Waals surface area contributed by atoms with Crippen LogP contribution < -0.4 is 14.5 Å². The van der Waals surface area contributed by atoms with E-state index in [1.54, 1.807) is 11.3 Å². The van der Waals surface area contributed by atoms with E-state index in [1.807, 2.05) is 11.9 Å². The number of aromatic nitrogens is 2. The summed E-state index contributed by atoms with van der Waals surface area (Å²) in [6.07, 6.45) is 0.279. The third-order valence-electron chi connectivity index (χ3n) is 8.47. The molecule has 1 aromatic carbocycles. The highest BCUT2D eigenvalue weighted by Crippen LogP contribution is 2.36. The normalized spacial score (nSPS) is 22.7. The van der Waals surface area contributed by atoms with Crippen LogP contribution in [0.5, 0.6) is 6.01 Å². The largest absolute Gasteiger partial charge is 0.462 e. The molecule has 0 radical (unpaired) electrons. The second-order valence-electron chi connectivity index (χ2n) is 11.1. The van der Waals surface area contributed by atoms with Crippen LogP contribution in [0.15, 0.2) is 42.1 Å². The lowest BCUT2D eigenvalue weighted by Crippen LogP contribution is -2.55. The lowest BCUT2D eigenvalue weighted by molar-refractivity contribution is -0.131. The van der Waals surface area contributed by atoms with Crippen molar-refractivity contribution in [3.63, 3.8) is 0 Å². The highest BCUT2D eigenvalue weighted by molar-refractivity contribution is 7.17. The maximum atomic E-state index is 14.0. The van der Waals surface area contributed by atoms with Crippen molar-refractivity contribution in [3.8, 4) is 12.1 Å². The smallest absolute Gasteiger partial charge is 0.318 e. The number of benzene rings is 1. The molecule has 220 valence electrons. The van der Waals surface area contributed by atoms with E-state index < -0.39 is 23.9 Å². The van der Waals surface area contributed by atoms with E-state index in [0.29, 0.717) is 44.8 Å². The molecule has 0 unspecified atom stereocenters. The van der Waals surface area contributed by atoms with Gasteiger partial charge in [-0.05, 0) is 42.8 Å². The van der Waals surface area contributed by atoms with Gasteiger partial charge in [-0.1, -0.05) is 18.7 Å². The van der Waals surface area contributed by atoms with Gasteiger partial charge in [0.1, 0.15) is 18.6 Å². The molecule has 0 saturated carbocycles. The summed E-state index contributed by atoms with van der Waals surface area (Å²) >= 11 is 1.72. The molecule has 3 aliphatic heterocycles. The average molecular weight is 594 g/mol. The number of hydrogen-bond donors (Lipinski definition) is 0. The predicted molar refractivity (Wildman–Crippen MR) is 158 cm³/mol. The van der Waals surface area contributed by atoms with Crippen molar-refractivity contribution in [2.75, 3.05) is 56.2 Å². The number of amides is 1. The molecule has 0 aliphatic carbocycles. The zero-order valence-corrected chi connectivity index (χ0v) is 24.3. The van der Waals surface area contributed by atoms with Crippen molar-refractivity contribution in [2.24, 2.45) is 0 Å². The van der Waals surface area contributed by atoms with Gasteiger partial charge in [-0.2, -0.15) is 15.2 Å². The van der Waals surface area contributed by atoms with Crippen LogP contribution in [0.3, 0.4) is 0 Å².